The van der Waals surface area contributed by atoms with Crippen molar-refractivity contribution in [3.8, 4) is 5.75 Å². The van der Waals surface area contributed by atoms with Gasteiger partial charge in [-0.3, -0.25) is 4.98 Å². The summed E-state index contributed by atoms with van der Waals surface area (Å²) in [5, 5.41) is 10.9. The van der Waals surface area contributed by atoms with Gasteiger partial charge < -0.3 is 9.84 Å². The van der Waals surface area contributed by atoms with Crippen LogP contribution < -0.4 is 4.74 Å². The summed E-state index contributed by atoms with van der Waals surface area (Å²) in [6.07, 6.45) is 2.97. The van der Waals surface area contributed by atoms with Crippen molar-refractivity contribution in [3.05, 3.63) is 57.3 Å². The first-order valence-corrected chi connectivity index (χ1v) is 6.89. The number of halogens is 2. The molecule has 1 aromatic carbocycles. The van der Waals surface area contributed by atoms with Gasteiger partial charge in [0.2, 0.25) is 0 Å². The Morgan fingerprint density at radius 2 is 2.21 bits per heavy atom. The molecule has 0 fully saturated rings. The molecule has 1 atom stereocenters. The molecule has 1 unspecified atom stereocenters. The topological polar surface area (TPSA) is 42.4 Å². The number of ether oxygens (including phenoxy) is 1. The number of pyridine rings is 1. The first-order chi connectivity index (χ1) is 9.11. The summed E-state index contributed by atoms with van der Waals surface area (Å²) in [5.41, 5.74) is 1.59. The summed E-state index contributed by atoms with van der Waals surface area (Å²) in [6, 6.07) is 7.33. The summed E-state index contributed by atoms with van der Waals surface area (Å²) in [4.78, 5) is 3.93. The van der Waals surface area contributed by atoms with Gasteiger partial charge in [-0.2, -0.15) is 0 Å². The van der Waals surface area contributed by atoms with Crippen LogP contribution in [-0.4, -0.2) is 17.2 Å². The lowest BCUT2D eigenvalue weighted by molar-refractivity contribution is 0.174. The van der Waals surface area contributed by atoms with Gasteiger partial charge in [0, 0.05) is 28.9 Å². The van der Waals surface area contributed by atoms with E-state index in [4.69, 9.17) is 16.3 Å². The third-order valence-electron chi connectivity index (χ3n) is 2.82. The second kappa shape index (κ2) is 6.37. The maximum absolute atomic E-state index is 10.3. The van der Waals surface area contributed by atoms with Crippen molar-refractivity contribution >= 4 is 27.5 Å². The molecular formula is C14H13BrClNO2. The van der Waals surface area contributed by atoms with Gasteiger partial charge in [0.05, 0.1) is 18.2 Å². The highest BCUT2D eigenvalue weighted by Crippen LogP contribution is 2.31. The molecule has 0 spiro atoms. The van der Waals surface area contributed by atoms with Crippen LogP contribution in [0.3, 0.4) is 0 Å². The van der Waals surface area contributed by atoms with Crippen LogP contribution in [0.5, 0.6) is 5.75 Å². The van der Waals surface area contributed by atoms with E-state index in [2.05, 4.69) is 20.9 Å². The van der Waals surface area contributed by atoms with Gasteiger partial charge in [-0.25, -0.2) is 0 Å². The van der Waals surface area contributed by atoms with Crippen LogP contribution in [0.15, 0.2) is 41.1 Å². The fraction of sp³-hybridized carbons (Fsp3) is 0.214. The minimum atomic E-state index is -0.678. The minimum Gasteiger partial charge on any atom is -0.496 e. The van der Waals surface area contributed by atoms with E-state index < -0.39 is 6.10 Å². The molecule has 19 heavy (non-hydrogen) atoms. The first kappa shape index (κ1) is 14.3. The first-order valence-electron chi connectivity index (χ1n) is 5.71. The summed E-state index contributed by atoms with van der Waals surface area (Å²) >= 11 is 9.42. The molecule has 100 valence electrons. The fourth-order valence-corrected chi connectivity index (χ4v) is 2.38. The normalized spacial score (nSPS) is 12.2. The Hall–Kier alpha value is -1.10. The van der Waals surface area contributed by atoms with Crippen molar-refractivity contribution in [2.45, 2.75) is 12.5 Å². The predicted octanol–water partition coefficient (Wildman–Crippen LogP) is 3.78. The van der Waals surface area contributed by atoms with E-state index in [1.54, 1.807) is 25.6 Å². The van der Waals surface area contributed by atoms with Crippen LogP contribution in [0.2, 0.25) is 5.02 Å². The van der Waals surface area contributed by atoms with Gasteiger partial charge in [0.15, 0.2) is 0 Å². The number of methoxy groups -OCH3 is 1. The Balaban J connectivity index is 2.25. The quantitative estimate of drug-likeness (QED) is 0.919. The Morgan fingerprint density at radius 3 is 2.89 bits per heavy atom. The third-order valence-corrected chi connectivity index (χ3v) is 3.66. The molecule has 5 heteroatoms. The molecule has 0 saturated carbocycles. The summed E-state index contributed by atoms with van der Waals surface area (Å²) in [5.74, 6) is 0.645. The lowest BCUT2D eigenvalue weighted by atomic mass is 10.0. The van der Waals surface area contributed by atoms with Crippen LogP contribution in [0.1, 0.15) is 17.2 Å². The molecule has 1 aromatic heterocycles. The molecule has 0 amide bonds. The summed E-state index contributed by atoms with van der Waals surface area (Å²) in [7, 11) is 1.58. The molecule has 1 N–H and O–H groups in total. The van der Waals surface area contributed by atoms with Crippen LogP contribution >= 0.6 is 27.5 Å². The lowest BCUT2D eigenvalue weighted by Gasteiger charge is -2.15. The Bertz CT molecular complexity index is 577. The largest absolute Gasteiger partial charge is 0.496 e. The highest BCUT2D eigenvalue weighted by molar-refractivity contribution is 9.10. The van der Waals surface area contributed by atoms with Crippen molar-refractivity contribution in [1.29, 1.82) is 0 Å². The molecule has 0 aliphatic heterocycles. The van der Waals surface area contributed by atoms with Crippen LogP contribution in [0, 0.1) is 0 Å². The molecule has 0 bridgehead atoms. The van der Waals surface area contributed by atoms with E-state index in [9.17, 15) is 5.11 Å². The number of hydrogen-bond donors (Lipinski definition) is 1. The number of benzene rings is 1. The number of hydrogen-bond acceptors (Lipinski definition) is 3. The van der Waals surface area contributed by atoms with Crippen molar-refractivity contribution in [3.63, 3.8) is 0 Å². The molecule has 2 aromatic rings. The molecule has 0 aliphatic rings. The second-order valence-corrected chi connectivity index (χ2v) is 5.40. The van der Waals surface area contributed by atoms with Gasteiger partial charge >= 0.3 is 0 Å². The Kier molecular flexibility index (Phi) is 4.80. The zero-order valence-corrected chi connectivity index (χ0v) is 12.6. The highest BCUT2D eigenvalue weighted by atomic mass is 79.9. The van der Waals surface area contributed by atoms with Crippen molar-refractivity contribution in [2.24, 2.45) is 0 Å². The molecule has 0 saturated heterocycles. The predicted molar refractivity (Wildman–Crippen MR) is 78.6 cm³/mol. The highest BCUT2D eigenvalue weighted by Gasteiger charge is 2.15. The molecule has 0 aliphatic carbocycles. The number of rotatable bonds is 4. The van der Waals surface area contributed by atoms with Crippen LogP contribution in [0.25, 0.3) is 0 Å². The van der Waals surface area contributed by atoms with Crippen molar-refractivity contribution in [2.75, 3.05) is 7.11 Å². The molecule has 2 rings (SSSR count). The fourth-order valence-electron chi connectivity index (χ4n) is 1.85. The molecular weight excluding hydrogens is 330 g/mol. The number of aliphatic hydroxyl groups excluding tert-OH is 1. The van der Waals surface area contributed by atoms with E-state index >= 15 is 0 Å². The minimum absolute atomic E-state index is 0.416. The van der Waals surface area contributed by atoms with Gasteiger partial charge in [-0.15, -0.1) is 0 Å². The molecule has 3 nitrogen and oxygen atoms in total. The van der Waals surface area contributed by atoms with Crippen molar-refractivity contribution in [1.82, 2.24) is 4.98 Å². The van der Waals surface area contributed by atoms with E-state index in [1.165, 1.54) is 0 Å². The van der Waals surface area contributed by atoms with Gasteiger partial charge in [-0.1, -0.05) is 33.6 Å². The van der Waals surface area contributed by atoms with Crippen LogP contribution in [-0.2, 0) is 6.42 Å². The third kappa shape index (κ3) is 3.47. The monoisotopic (exact) mass is 341 g/mol. The van der Waals surface area contributed by atoms with Gasteiger partial charge in [0.1, 0.15) is 5.75 Å². The molecule has 0 radical (unpaired) electrons. The average Bonchev–Trinajstić information content (AvgIpc) is 2.41. The van der Waals surface area contributed by atoms with E-state index in [-0.39, 0.29) is 0 Å². The molecule has 1 heterocycles. The van der Waals surface area contributed by atoms with Crippen molar-refractivity contribution < 1.29 is 9.84 Å². The van der Waals surface area contributed by atoms with Crippen LogP contribution in [0.4, 0.5) is 0 Å². The van der Waals surface area contributed by atoms with Gasteiger partial charge in [-0.05, 0) is 23.8 Å². The lowest BCUT2D eigenvalue weighted by Crippen LogP contribution is -2.04. The average molecular weight is 343 g/mol. The standard InChI is InChI=1S/C14H13BrClNO2/c1-19-14-7-10(15)2-3-11(14)13(18)6-9-4-5-17-8-12(9)16/h2-5,7-8,13,18H,6H2,1H3. The Morgan fingerprint density at radius 1 is 1.42 bits per heavy atom. The number of aliphatic hydroxyl groups is 1. The number of nitrogens with zero attached hydrogens (tertiary/aromatic N) is 1. The Labute approximate surface area is 125 Å². The smallest absolute Gasteiger partial charge is 0.125 e. The summed E-state index contributed by atoms with van der Waals surface area (Å²) in [6.45, 7) is 0. The zero-order valence-electron chi connectivity index (χ0n) is 10.3. The zero-order chi connectivity index (χ0) is 13.8. The summed E-state index contributed by atoms with van der Waals surface area (Å²) < 4.78 is 6.18. The SMILES string of the molecule is COc1cc(Br)ccc1C(O)Cc1ccncc1Cl. The number of aromatic nitrogens is 1. The van der Waals surface area contributed by atoms with E-state index in [1.807, 2.05) is 18.2 Å². The second-order valence-electron chi connectivity index (χ2n) is 4.07. The van der Waals surface area contributed by atoms with E-state index in [0.29, 0.717) is 17.2 Å². The van der Waals surface area contributed by atoms with E-state index in [0.717, 1.165) is 15.6 Å². The maximum atomic E-state index is 10.3. The van der Waals surface area contributed by atoms with Gasteiger partial charge in [0.25, 0.3) is 0 Å². The maximum Gasteiger partial charge on any atom is 0.125 e.